The van der Waals surface area contributed by atoms with E-state index in [2.05, 4.69) is 15.5 Å². The van der Waals surface area contributed by atoms with E-state index in [9.17, 15) is 9.59 Å². The van der Waals surface area contributed by atoms with Gasteiger partial charge in [0.25, 0.3) is 5.79 Å². The van der Waals surface area contributed by atoms with Gasteiger partial charge >= 0.3 is 11.9 Å². The Morgan fingerprint density at radius 3 is 2.14 bits per heavy atom. The number of nitrogens with one attached hydrogen (secondary N) is 1. The predicted molar refractivity (Wildman–Crippen MR) is 105 cm³/mol. The van der Waals surface area contributed by atoms with Gasteiger partial charge in [-0.05, 0) is 43.7 Å². The molecule has 7 nitrogen and oxygen atoms in total. The molecule has 0 aliphatic carbocycles. The molecule has 0 saturated carbocycles. The van der Waals surface area contributed by atoms with Crippen molar-refractivity contribution in [2.75, 3.05) is 5.32 Å². The van der Waals surface area contributed by atoms with Gasteiger partial charge in [0.15, 0.2) is 5.57 Å². The summed E-state index contributed by atoms with van der Waals surface area (Å²) in [4.78, 5) is 24.1. The van der Waals surface area contributed by atoms with E-state index < -0.39 is 17.7 Å². The third-order valence-electron chi connectivity index (χ3n) is 3.95. The first-order valence-electron chi connectivity index (χ1n) is 8.76. The number of aryl methyl sites for hydroxylation is 2. The average Bonchev–Trinajstić information content (AvgIpc) is 2.61. The largest absolute Gasteiger partial charge is 0.419 e. The van der Waals surface area contributed by atoms with Crippen molar-refractivity contribution < 1.29 is 19.1 Å². The topological polar surface area (TPSA) is 89.3 Å². The molecule has 1 aliphatic heterocycles. The smallest absolute Gasteiger partial charge is 0.350 e. The van der Waals surface area contributed by atoms with E-state index in [0.29, 0.717) is 11.4 Å². The fourth-order valence-electron chi connectivity index (χ4n) is 2.50. The molecule has 1 saturated heterocycles. The number of carbonyl (C=O) groups is 2. The second-order valence-corrected chi connectivity index (χ2v) is 6.94. The van der Waals surface area contributed by atoms with E-state index in [1.807, 2.05) is 50.2 Å². The van der Waals surface area contributed by atoms with Crippen LogP contribution in [0.2, 0.25) is 0 Å². The zero-order valence-corrected chi connectivity index (χ0v) is 16.1. The molecule has 7 heteroatoms. The molecule has 1 fully saturated rings. The maximum absolute atomic E-state index is 12.0. The highest BCUT2D eigenvalue weighted by Gasteiger charge is 2.38. The molecular weight excluding hydrogens is 358 g/mol. The number of ether oxygens (including phenoxy) is 2. The first-order valence-corrected chi connectivity index (χ1v) is 8.76. The van der Waals surface area contributed by atoms with Crippen LogP contribution in [0.3, 0.4) is 0 Å². The fraction of sp³-hybridized carbons (Fsp3) is 0.238. The van der Waals surface area contributed by atoms with Gasteiger partial charge in [-0.25, -0.2) is 9.59 Å². The van der Waals surface area contributed by atoms with Crippen molar-refractivity contribution in [3.8, 4) is 0 Å². The summed E-state index contributed by atoms with van der Waals surface area (Å²) in [7, 11) is 0. The Morgan fingerprint density at radius 1 is 0.893 bits per heavy atom. The number of azo groups is 1. The van der Waals surface area contributed by atoms with Gasteiger partial charge in [-0.2, -0.15) is 5.11 Å². The summed E-state index contributed by atoms with van der Waals surface area (Å²) in [5, 5.41) is 11.5. The van der Waals surface area contributed by atoms with E-state index in [0.717, 1.165) is 16.8 Å². The maximum Gasteiger partial charge on any atom is 0.350 e. The van der Waals surface area contributed by atoms with Crippen LogP contribution >= 0.6 is 0 Å². The molecule has 2 aromatic carbocycles. The molecule has 1 N–H and O–H groups in total. The Bertz CT molecular complexity index is 954. The number of anilines is 1. The van der Waals surface area contributed by atoms with E-state index >= 15 is 0 Å². The number of carbonyl (C=O) groups excluding carboxylic acids is 2. The minimum absolute atomic E-state index is 0.221. The zero-order valence-electron chi connectivity index (χ0n) is 16.1. The van der Waals surface area contributed by atoms with Crippen LogP contribution in [0.25, 0.3) is 0 Å². The Hall–Kier alpha value is -3.48. The molecule has 0 bridgehead atoms. The Kier molecular flexibility index (Phi) is 5.26. The van der Waals surface area contributed by atoms with E-state index in [1.54, 1.807) is 6.07 Å². The van der Waals surface area contributed by atoms with Gasteiger partial charge in [0, 0.05) is 20.0 Å². The minimum atomic E-state index is -1.28. The second kappa shape index (κ2) is 7.64. The van der Waals surface area contributed by atoms with Crippen LogP contribution < -0.4 is 5.32 Å². The lowest BCUT2D eigenvalue weighted by atomic mass is 10.2. The van der Waals surface area contributed by atoms with Crippen molar-refractivity contribution in [1.29, 1.82) is 0 Å². The zero-order chi connectivity index (χ0) is 20.3. The van der Waals surface area contributed by atoms with Gasteiger partial charge in [-0.15, -0.1) is 5.11 Å². The van der Waals surface area contributed by atoms with Crippen LogP contribution in [0, 0.1) is 13.8 Å². The quantitative estimate of drug-likeness (QED) is 0.355. The van der Waals surface area contributed by atoms with E-state index in [-0.39, 0.29) is 5.57 Å². The van der Waals surface area contributed by atoms with E-state index in [4.69, 9.17) is 9.47 Å². The highest BCUT2D eigenvalue weighted by molar-refractivity contribution is 6.15. The molecule has 1 heterocycles. The van der Waals surface area contributed by atoms with Gasteiger partial charge in [0.2, 0.25) is 0 Å². The number of benzene rings is 2. The minimum Gasteiger partial charge on any atom is -0.419 e. The van der Waals surface area contributed by atoms with Gasteiger partial charge in [-0.3, -0.25) is 0 Å². The average molecular weight is 379 g/mol. The van der Waals surface area contributed by atoms with Gasteiger partial charge < -0.3 is 14.8 Å². The molecule has 0 aromatic heterocycles. The number of rotatable bonds is 4. The van der Waals surface area contributed by atoms with Crippen molar-refractivity contribution >= 4 is 29.0 Å². The van der Waals surface area contributed by atoms with Crippen LogP contribution in [-0.2, 0) is 19.1 Å². The maximum atomic E-state index is 12.0. The summed E-state index contributed by atoms with van der Waals surface area (Å²) in [5.41, 5.74) is 3.78. The van der Waals surface area contributed by atoms with Gasteiger partial charge in [-0.1, -0.05) is 23.8 Å². The molecule has 0 spiro atoms. The number of hydrogen-bond acceptors (Lipinski definition) is 7. The first-order chi connectivity index (χ1) is 13.2. The Balaban J connectivity index is 1.84. The highest BCUT2D eigenvalue weighted by atomic mass is 16.7. The second-order valence-electron chi connectivity index (χ2n) is 6.94. The Labute approximate surface area is 163 Å². The lowest BCUT2D eigenvalue weighted by Crippen LogP contribution is -2.42. The third kappa shape index (κ3) is 4.62. The summed E-state index contributed by atoms with van der Waals surface area (Å²) in [5.74, 6) is -2.77. The summed E-state index contributed by atoms with van der Waals surface area (Å²) >= 11 is 0. The predicted octanol–water partition coefficient (Wildman–Crippen LogP) is 4.85. The standard InChI is InChI=1S/C21H21N3O4/c1-13-5-8-15(9-6-13)23-24-18-11-14(2)7-10-17(18)22-12-16-19(25)27-21(3,4)28-20(16)26/h5-12,22H,1-4H3. The van der Waals surface area contributed by atoms with Crippen molar-refractivity contribution in [3.05, 3.63) is 65.4 Å². The Morgan fingerprint density at radius 2 is 1.50 bits per heavy atom. The molecule has 2 aromatic rings. The normalized spacial score (nSPS) is 15.9. The summed E-state index contributed by atoms with van der Waals surface area (Å²) in [6.45, 7) is 6.93. The van der Waals surface area contributed by atoms with Gasteiger partial charge in [0.05, 0.1) is 11.4 Å². The highest BCUT2D eigenvalue weighted by Crippen LogP contribution is 2.29. The fourth-order valence-corrected chi connectivity index (χ4v) is 2.50. The molecule has 0 atom stereocenters. The van der Waals surface area contributed by atoms with E-state index in [1.165, 1.54) is 20.0 Å². The van der Waals surface area contributed by atoms with Crippen LogP contribution in [0.4, 0.5) is 17.1 Å². The molecule has 0 amide bonds. The van der Waals surface area contributed by atoms with Crippen molar-refractivity contribution in [2.24, 2.45) is 10.2 Å². The monoisotopic (exact) mass is 379 g/mol. The van der Waals surface area contributed by atoms with Gasteiger partial charge in [0.1, 0.15) is 5.69 Å². The number of cyclic esters (lactones) is 2. The van der Waals surface area contributed by atoms with Crippen LogP contribution in [0.5, 0.6) is 0 Å². The molecule has 1 aliphatic rings. The number of hydrogen-bond donors (Lipinski definition) is 1. The molecule has 144 valence electrons. The number of nitrogens with zero attached hydrogens (tertiary/aromatic N) is 2. The molecule has 28 heavy (non-hydrogen) atoms. The third-order valence-corrected chi connectivity index (χ3v) is 3.95. The van der Waals surface area contributed by atoms with Crippen LogP contribution in [0.1, 0.15) is 25.0 Å². The molecule has 0 unspecified atom stereocenters. The summed E-state index contributed by atoms with van der Waals surface area (Å²) in [6.07, 6.45) is 1.26. The lowest BCUT2D eigenvalue weighted by Gasteiger charge is -2.29. The summed E-state index contributed by atoms with van der Waals surface area (Å²) < 4.78 is 10.2. The van der Waals surface area contributed by atoms with Crippen LogP contribution in [0.15, 0.2) is 64.5 Å². The van der Waals surface area contributed by atoms with Crippen molar-refractivity contribution in [2.45, 2.75) is 33.5 Å². The van der Waals surface area contributed by atoms with Crippen molar-refractivity contribution in [1.82, 2.24) is 0 Å². The SMILES string of the molecule is Cc1ccc(N=Nc2cc(C)ccc2NC=C2C(=O)OC(C)(C)OC2=O)cc1. The summed E-state index contributed by atoms with van der Waals surface area (Å²) in [6, 6.07) is 13.2. The lowest BCUT2D eigenvalue weighted by molar-refractivity contribution is -0.222. The van der Waals surface area contributed by atoms with Crippen molar-refractivity contribution in [3.63, 3.8) is 0 Å². The molecule has 0 radical (unpaired) electrons. The molecular formula is C21H21N3O4. The number of esters is 2. The first kappa shape index (κ1) is 19.3. The van der Waals surface area contributed by atoms with Crippen LogP contribution in [-0.4, -0.2) is 17.7 Å². The molecule has 3 rings (SSSR count).